The van der Waals surface area contributed by atoms with Crippen LogP contribution in [0, 0.1) is 18.3 Å². The van der Waals surface area contributed by atoms with Crippen molar-refractivity contribution < 1.29 is 9.59 Å². The molecule has 0 radical (unpaired) electrons. The Labute approximate surface area is 113 Å². The SMILES string of the molecule is Cc1ccc(N2C(=O)CC(C)(C(C)C)C2=O)cc1N. The molecule has 1 heterocycles. The Balaban J connectivity index is 2.43. The van der Waals surface area contributed by atoms with Crippen molar-refractivity contribution in [1.82, 2.24) is 0 Å². The molecule has 0 saturated carbocycles. The van der Waals surface area contributed by atoms with Crippen LogP contribution in [-0.4, -0.2) is 11.8 Å². The predicted molar refractivity (Wildman–Crippen MR) is 75.6 cm³/mol. The number of nitrogen functional groups attached to an aromatic ring is 1. The molecule has 0 spiro atoms. The zero-order chi connectivity index (χ0) is 14.4. The summed E-state index contributed by atoms with van der Waals surface area (Å²) in [5.74, 6) is -0.156. The fourth-order valence-electron chi connectivity index (χ4n) is 2.32. The van der Waals surface area contributed by atoms with Crippen LogP contribution in [0.1, 0.15) is 32.8 Å². The Morgan fingerprint density at radius 1 is 1.32 bits per heavy atom. The molecule has 102 valence electrons. The van der Waals surface area contributed by atoms with Gasteiger partial charge in [0.15, 0.2) is 0 Å². The molecular formula is C15H20N2O2. The molecule has 2 rings (SSSR count). The van der Waals surface area contributed by atoms with Gasteiger partial charge < -0.3 is 5.73 Å². The number of aryl methyl sites for hydroxylation is 1. The number of amides is 2. The summed E-state index contributed by atoms with van der Waals surface area (Å²) in [7, 11) is 0. The van der Waals surface area contributed by atoms with E-state index >= 15 is 0 Å². The lowest BCUT2D eigenvalue weighted by Crippen LogP contribution is -2.36. The van der Waals surface area contributed by atoms with Crippen molar-refractivity contribution in [3.8, 4) is 0 Å². The maximum absolute atomic E-state index is 12.5. The van der Waals surface area contributed by atoms with Gasteiger partial charge in [0.05, 0.1) is 11.1 Å². The molecular weight excluding hydrogens is 240 g/mol. The van der Waals surface area contributed by atoms with E-state index in [-0.39, 0.29) is 24.2 Å². The van der Waals surface area contributed by atoms with Gasteiger partial charge in [-0.25, -0.2) is 4.90 Å². The first-order valence-corrected chi connectivity index (χ1v) is 6.51. The molecule has 2 N–H and O–H groups in total. The third-order valence-electron chi connectivity index (χ3n) is 4.25. The first-order chi connectivity index (χ1) is 8.77. The summed E-state index contributed by atoms with van der Waals surface area (Å²) in [6.45, 7) is 7.69. The van der Waals surface area contributed by atoms with Crippen molar-refractivity contribution in [3.63, 3.8) is 0 Å². The number of imide groups is 1. The van der Waals surface area contributed by atoms with Gasteiger partial charge in [-0.1, -0.05) is 19.9 Å². The minimum atomic E-state index is -0.614. The lowest BCUT2D eigenvalue weighted by Gasteiger charge is -2.26. The fraction of sp³-hybridized carbons (Fsp3) is 0.467. The van der Waals surface area contributed by atoms with Gasteiger partial charge in [0, 0.05) is 12.1 Å². The van der Waals surface area contributed by atoms with Crippen molar-refractivity contribution in [2.24, 2.45) is 11.3 Å². The van der Waals surface area contributed by atoms with Crippen molar-refractivity contribution >= 4 is 23.2 Å². The van der Waals surface area contributed by atoms with Crippen LogP contribution >= 0.6 is 0 Å². The average Bonchev–Trinajstić information content (AvgIpc) is 2.55. The number of benzene rings is 1. The molecule has 0 aliphatic carbocycles. The van der Waals surface area contributed by atoms with E-state index in [0.29, 0.717) is 11.4 Å². The monoisotopic (exact) mass is 260 g/mol. The number of nitrogens with zero attached hydrogens (tertiary/aromatic N) is 1. The predicted octanol–water partition coefficient (Wildman–Crippen LogP) is 2.50. The number of anilines is 2. The van der Waals surface area contributed by atoms with Crippen molar-refractivity contribution in [2.45, 2.75) is 34.1 Å². The molecule has 1 aromatic carbocycles. The summed E-state index contributed by atoms with van der Waals surface area (Å²) in [5.41, 5.74) is 7.35. The van der Waals surface area contributed by atoms with Crippen LogP contribution in [0.25, 0.3) is 0 Å². The van der Waals surface area contributed by atoms with Gasteiger partial charge in [0.25, 0.3) is 0 Å². The van der Waals surface area contributed by atoms with E-state index in [9.17, 15) is 9.59 Å². The molecule has 1 atom stereocenters. The van der Waals surface area contributed by atoms with E-state index in [1.807, 2.05) is 33.8 Å². The molecule has 19 heavy (non-hydrogen) atoms. The lowest BCUT2D eigenvalue weighted by molar-refractivity contribution is -0.126. The summed E-state index contributed by atoms with van der Waals surface area (Å²) < 4.78 is 0. The maximum Gasteiger partial charge on any atom is 0.240 e. The molecule has 1 aromatic rings. The smallest absolute Gasteiger partial charge is 0.240 e. The molecule has 4 nitrogen and oxygen atoms in total. The first-order valence-electron chi connectivity index (χ1n) is 6.51. The number of carbonyl (C=O) groups excluding carboxylic acids is 2. The van der Waals surface area contributed by atoms with E-state index in [2.05, 4.69) is 0 Å². The maximum atomic E-state index is 12.5. The fourth-order valence-corrected chi connectivity index (χ4v) is 2.32. The quantitative estimate of drug-likeness (QED) is 0.656. The second-order valence-electron chi connectivity index (χ2n) is 5.82. The Morgan fingerprint density at radius 2 is 1.95 bits per heavy atom. The van der Waals surface area contributed by atoms with Crippen LogP contribution in [0.2, 0.25) is 0 Å². The third kappa shape index (κ3) is 2.01. The Hall–Kier alpha value is -1.84. The van der Waals surface area contributed by atoms with Gasteiger partial charge in [-0.05, 0) is 37.5 Å². The zero-order valence-electron chi connectivity index (χ0n) is 11.9. The summed E-state index contributed by atoms with van der Waals surface area (Å²) >= 11 is 0. The van der Waals surface area contributed by atoms with Crippen LogP contribution in [0.4, 0.5) is 11.4 Å². The normalized spacial score (nSPS) is 23.5. The van der Waals surface area contributed by atoms with Crippen LogP contribution in [0.5, 0.6) is 0 Å². The molecule has 4 heteroatoms. The van der Waals surface area contributed by atoms with Crippen LogP contribution in [0.15, 0.2) is 18.2 Å². The highest BCUT2D eigenvalue weighted by atomic mass is 16.2. The summed E-state index contributed by atoms with van der Waals surface area (Å²) in [6, 6.07) is 5.29. The highest BCUT2D eigenvalue weighted by Crippen LogP contribution is 2.41. The van der Waals surface area contributed by atoms with Crippen molar-refractivity contribution in [3.05, 3.63) is 23.8 Å². The standard InChI is InChI=1S/C15H20N2O2/c1-9(2)15(4)8-13(18)17(14(15)19)11-6-5-10(3)12(16)7-11/h5-7,9H,8,16H2,1-4H3. The molecule has 1 aliphatic rings. The summed E-state index contributed by atoms with van der Waals surface area (Å²) in [4.78, 5) is 26.0. The largest absolute Gasteiger partial charge is 0.398 e. The van der Waals surface area contributed by atoms with Gasteiger partial charge >= 0.3 is 0 Å². The third-order valence-corrected chi connectivity index (χ3v) is 4.25. The zero-order valence-corrected chi connectivity index (χ0v) is 11.9. The van der Waals surface area contributed by atoms with Crippen LogP contribution in [0.3, 0.4) is 0 Å². The summed E-state index contributed by atoms with van der Waals surface area (Å²) in [6.07, 6.45) is 0.261. The number of hydrogen-bond acceptors (Lipinski definition) is 3. The molecule has 0 aromatic heterocycles. The number of nitrogens with two attached hydrogens (primary N) is 1. The van der Waals surface area contributed by atoms with Gasteiger partial charge in [-0.15, -0.1) is 0 Å². The van der Waals surface area contributed by atoms with Gasteiger partial charge in [-0.2, -0.15) is 0 Å². The minimum Gasteiger partial charge on any atom is -0.398 e. The number of hydrogen-bond donors (Lipinski definition) is 1. The molecule has 0 bridgehead atoms. The molecule has 1 saturated heterocycles. The first kappa shape index (κ1) is 13.6. The lowest BCUT2D eigenvalue weighted by atomic mass is 9.78. The Kier molecular flexibility index (Phi) is 3.12. The second kappa shape index (κ2) is 4.37. The average molecular weight is 260 g/mol. The van der Waals surface area contributed by atoms with E-state index in [0.717, 1.165) is 5.56 Å². The molecule has 1 unspecified atom stereocenters. The Morgan fingerprint density at radius 3 is 2.42 bits per heavy atom. The number of carbonyl (C=O) groups is 2. The van der Waals surface area contributed by atoms with Gasteiger partial charge in [0.1, 0.15) is 0 Å². The van der Waals surface area contributed by atoms with Crippen molar-refractivity contribution in [2.75, 3.05) is 10.6 Å². The van der Waals surface area contributed by atoms with E-state index in [1.165, 1.54) is 4.90 Å². The molecule has 1 aliphatic heterocycles. The van der Waals surface area contributed by atoms with E-state index in [4.69, 9.17) is 5.73 Å². The highest BCUT2D eigenvalue weighted by Gasteiger charge is 2.50. The second-order valence-corrected chi connectivity index (χ2v) is 5.82. The van der Waals surface area contributed by atoms with Gasteiger partial charge in [-0.3, -0.25) is 9.59 Å². The topological polar surface area (TPSA) is 63.4 Å². The Bertz CT molecular complexity index is 551. The molecule has 1 fully saturated rings. The van der Waals surface area contributed by atoms with E-state index < -0.39 is 5.41 Å². The highest BCUT2D eigenvalue weighted by molar-refractivity contribution is 6.22. The molecule has 2 amide bonds. The van der Waals surface area contributed by atoms with E-state index in [1.54, 1.807) is 12.1 Å². The van der Waals surface area contributed by atoms with Crippen molar-refractivity contribution in [1.29, 1.82) is 0 Å². The van der Waals surface area contributed by atoms with Crippen LogP contribution in [-0.2, 0) is 9.59 Å². The minimum absolute atomic E-state index is 0.122. The van der Waals surface area contributed by atoms with Gasteiger partial charge in [0.2, 0.25) is 11.8 Å². The summed E-state index contributed by atoms with van der Waals surface area (Å²) in [5, 5.41) is 0. The number of rotatable bonds is 2. The van der Waals surface area contributed by atoms with Crippen LogP contribution < -0.4 is 10.6 Å².